The topological polar surface area (TPSA) is 99.7 Å². The van der Waals surface area contributed by atoms with E-state index >= 15 is 0 Å². The number of nitrogens with one attached hydrogen (secondary N) is 3. The summed E-state index contributed by atoms with van der Waals surface area (Å²) in [6.45, 7) is 1.49. The molecule has 7 nitrogen and oxygen atoms in total. The van der Waals surface area contributed by atoms with Gasteiger partial charge in [0.25, 0.3) is 0 Å². The van der Waals surface area contributed by atoms with Gasteiger partial charge in [-0.1, -0.05) is 23.7 Å². The fourth-order valence-corrected chi connectivity index (χ4v) is 3.24. The van der Waals surface area contributed by atoms with Crippen LogP contribution in [0, 0.1) is 0 Å². The number of methoxy groups -OCH3 is 1. The van der Waals surface area contributed by atoms with Crippen LogP contribution in [-0.4, -0.2) is 55.5 Å². The van der Waals surface area contributed by atoms with Gasteiger partial charge in [0, 0.05) is 18.7 Å². The Balaban J connectivity index is 2.13. The third-order valence-corrected chi connectivity index (χ3v) is 4.52. The average Bonchev–Trinajstić information content (AvgIpc) is 2.57. The highest BCUT2D eigenvalue weighted by Gasteiger charge is 2.36. The molecule has 138 valence electrons. The minimum Gasteiger partial charge on any atom is -0.465 e. The quantitative estimate of drug-likeness (QED) is 0.582. The van der Waals surface area contributed by atoms with Crippen molar-refractivity contribution in [2.24, 2.45) is 0 Å². The van der Waals surface area contributed by atoms with Crippen LogP contribution in [-0.2, 0) is 16.0 Å². The lowest BCUT2D eigenvalue weighted by molar-refractivity contribution is -0.126. The van der Waals surface area contributed by atoms with Crippen molar-refractivity contribution < 1.29 is 19.4 Å². The number of halogens is 1. The highest BCUT2D eigenvalue weighted by Crippen LogP contribution is 2.23. The van der Waals surface area contributed by atoms with Crippen LogP contribution in [0.1, 0.15) is 18.4 Å². The minimum absolute atomic E-state index is 0.0252. The largest absolute Gasteiger partial charge is 0.465 e. The standard InChI is InChI=1S/C17H24ClN3O4/c1-25-10-14(20-16(23)24)15(22)21-17(7-2-8-19-11-17)9-12-3-5-13(18)6-4-12/h3-6,14,19-20H,2,7-11H2,1H3,(H,21,22)(H,23,24). The Labute approximate surface area is 152 Å². The fourth-order valence-electron chi connectivity index (χ4n) is 3.11. The molecule has 0 saturated carbocycles. The number of benzene rings is 1. The predicted molar refractivity (Wildman–Crippen MR) is 95.0 cm³/mol. The van der Waals surface area contributed by atoms with Gasteiger partial charge in [0.2, 0.25) is 5.91 Å². The second kappa shape index (κ2) is 9.03. The van der Waals surface area contributed by atoms with Gasteiger partial charge in [0.05, 0.1) is 12.1 Å². The third-order valence-electron chi connectivity index (χ3n) is 4.26. The van der Waals surface area contributed by atoms with Gasteiger partial charge in [-0.05, 0) is 43.5 Å². The SMILES string of the molecule is COCC(NC(=O)O)C(=O)NC1(Cc2ccc(Cl)cc2)CCCNC1. The molecule has 1 aliphatic rings. The normalized spacial score (nSPS) is 21.4. The highest BCUT2D eigenvalue weighted by molar-refractivity contribution is 6.30. The smallest absolute Gasteiger partial charge is 0.405 e. The maximum atomic E-state index is 12.6. The Hall–Kier alpha value is -1.83. The van der Waals surface area contributed by atoms with E-state index in [9.17, 15) is 9.59 Å². The van der Waals surface area contributed by atoms with E-state index in [0.29, 0.717) is 18.0 Å². The van der Waals surface area contributed by atoms with Crippen molar-refractivity contribution >= 4 is 23.6 Å². The van der Waals surface area contributed by atoms with Gasteiger partial charge < -0.3 is 25.8 Å². The van der Waals surface area contributed by atoms with E-state index in [2.05, 4.69) is 16.0 Å². The maximum Gasteiger partial charge on any atom is 0.405 e. The van der Waals surface area contributed by atoms with Gasteiger partial charge in [-0.25, -0.2) is 4.79 Å². The zero-order chi connectivity index (χ0) is 18.3. The van der Waals surface area contributed by atoms with Crippen LogP contribution in [0.25, 0.3) is 0 Å². The lowest BCUT2D eigenvalue weighted by atomic mass is 9.83. The number of carbonyl (C=O) groups is 2. The molecule has 1 aromatic rings. The molecule has 8 heteroatoms. The summed E-state index contributed by atoms with van der Waals surface area (Å²) in [7, 11) is 1.43. The first-order valence-corrected chi connectivity index (χ1v) is 8.57. The van der Waals surface area contributed by atoms with Crippen LogP contribution in [0.3, 0.4) is 0 Å². The molecule has 4 N–H and O–H groups in total. The zero-order valence-corrected chi connectivity index (χ0v) is 14.9. The van der Waals surface area contributed by atoms with Gasteiger partial charge in [0.15, 0.2) is 0 Å². The molecule has 2 rings (SSSR count). The molecule has 1 heterocycles. The molecule has 1 aromatic carbocycles. The van der Waals surface area contributed by atoms with Crippen LogP contribution < -0.4 is 16.0 Å². The Kier molecular flexibility index (Phi) is 7.04. The van der Waals surface area contributed by atoms with Gasteiger partial charge in [-0.3, -0.25) is 4.79 Å². The van der Waals surface area contributed by atoms with Crippen LogP contribution >= 0.6 is 11.6 Å². The predicted octanol–water partition coefficient (Wildman–Crippen LogP) is 1.40. The van der Waals surface area contributed by atoms with Crippen molar-refractivity contribution in [1.29, 1.82) is 0 Å². The molecule has 1 aliphatic heterocycles. The Morgan fingerprint density at radius 2 is 2.12 bits per heavy atom. The molecule has 0 aromatic heterocycles. The van der Waals surface area contributed by atoms with E-state index in [-0.39, 0.29) is 12.5 Å². The number of ether oxygens (including phenoxy) is 1. The Morgan fingerprint density at radius 1 is 1.40 bits per heavy atom. The van der Waals surface area contributed by atoms with Crippen LogP contribution in [0.4, 0.5) is 4.79 Å². The average molecular weight is 370 g/mol. The number of hydrogen-bond donors (Lipinski definition) is 4. The fraction of sp³-hybridized carbons (Fsp3) is 0.529. The molecular formula is C17H24ClN3O4. The molecule has 25 heavy (non-hydrogen) atoms. The number of piperidine rings is 1. The van der Waals surface area contributed by atoms with E-state index in [4.69, 9.17) is 21.4 Å². The van der Waals surface area contributed by atoms with E-state index < -0.39 is 17.7 Å². The number of rotatable bonds is 7. The molecule has 0 spiro atoms. The second-order valence-electron chi connectivity index (χ2n) is 6.31. The Morgan fingerprint density at radius 3 is 2.68 bits per heavy atom. The number of carbonyl (C=O) groups excluding carboxylic acids is 1. The van der Waals surface area contributed by atoms with Gasteiger partial charge >= 0.3 is 6.09 Å². The molecular weight excluding hydrogens is 346 g/mol. The lowest BCUT2D eigenvalue weighted by Crippen LogP contribution is -2.63. The summed E-state index contributed by atoms with van der Waals surface area (Å²) >= 11 is 5.94. The van der Waals surface area contributed by atoms with E-state index in [1.54, 1.807) is 0 Å². The lowest BCUT2D eigenvalue weighted by Gasteiger charge is -2.39. The molecule has 1 saturated heterocycles. The first-order valence-electron chi connectivity index (χ1n) is 8.20. The summed E-state index contributed by atoms with van der Waals surface area (Å²) in [5.41, 5.74) is 0.581. The van der Waals surface area contributed by atoms with Crippen molar-refractivity contribution in [3.63, 3.8) is 0 Å². The highest BCUT2D eigenvalue weighted by atomic mass is 35.5. The first-order chi connectivity index (χ1) is 11.9. The van der Waals surface area contributed by atoms with E-state index in [1.165, 1.54) is 7.11 Å². The number of hydrogen-bond acceptors (Lipinski definition) is 4. The van der Waals surface area contributed by atoms with Crippen molar-refractivity contribution in [3.05, 3.63) is 34.9 Å². The summed E-state index contributed by atoms with van der Waals surface area (Å²) in [6, 6.07) is 6.57. The maximum absolute atomic E-state index is 12.6. The summed E-state index contributed by atoms with van der Waals surface area (Å²) < 4.78 is 4.96. The van der Waals surface area contributed by atoms with Gasteiger partial charge in [0.1, 0.15) is 6.04 Å². The zero-order valence-electron chi connectivity index (χ0n) is 14.2. The molecule has 1 fully saturated rings. The molecule has 2 atom stereocenters. The van der Waals surface area contributed by atoms with E-state index in [0.717, 1.165) is 24.9 Å². The number of amides is 2. The first kappa shape index (κ1) is 19.5. The van der Waals surface area contributed by atoms with Gasteiger partial charge in [-0.15, -0.1) is 0 Å². The van der Waals surface area contributed by atoms with E-state index in [1.807, 2.05) is 24.3 Å². The van der Waals surface area contributed by atoms with Crippen molar-refractivity contribution in [1.82, 2.24) is 16.0 Å². The second-order valence-corrected chi connectivity index (χ2v) is 6.75. The summed E-state index contributed by atoms with van der Waals surface area (Å²) in [5, 5.41) is 18.1. The van der Waals surface area contributed by atoms with Crippen LogP contribution in [0.5, 0.6) is 0 Å². The van der Waals surface area contributed by atoms with Crippen molar-refractivity contribution in [3.8, 4) is 0 Å². The number of carboxylic acid groups (broad SMARTS) is 1. The van der Waals surface area contributed by atoms with Gasteiger partial charge in [-0.2, -0.15) is 0 Å². The molecule has 0 radical (unpaired) electrons. The Bertz CT molecular complexity index is 588. The summed E-state index contributed by atoms with van der Waals surface area (Å²) in [5.74, 6) is -0.387. The molecule has 2 amide bonds. The molecule has 2 unspecified atom stereocenters. The summed E-state index contributed by atoms with van der Waals surface area (Å²) in [4.78, 5) is 23.5. The van der Waals surface area contributed by atoms with Crippen molar-refractivity contribution in [2.45, 2.75) is 30.8 Å². The molecule has 0 aliphatic carbocycles. The summed E-state index contributed by atoms with van der Waals surface area (Å²) in [6.07, 6.45) is 1.11. The minimum atomic E-state index is -1.26. The van der Waals surface area contributed by atoms with Crippen molar-refractivity contribution in [2.75, 3.05) is 26.8 Å². The monoisotopic (exact) mass is 369 g/mol. The van der Waals surface area contributed by atoms with Crippen LogP contribution in [0.15, 0.2) is 24.3 Å². The third kappa shape index (κ3) is 5.88. The molecule has 0 bridgehead atoms. The van der Waals surface area contributed by atoms with Crippen LogP contribution in [0.2, 0.25) is 5.02 Å².